The largest absolute Gasteiger partial charge is 0.497 e. The van der Waals surface area contributed by atoms with Crippen molar-refractivity contribution in [2.45, 2.75) is 0 Å². The number of thiocarbonyl (C=S) groups is 1. The summed E-state index contributed by atoms with van der Waals surface area (Å²) in [5, 5.41) is 2.41. The molecule has 0 aliphatic carbocycles. The topological polar surface area (TPSA) is 107 Å². The molecule has 3 rings (SSSR count). The van der Waals surface area contributed by atoms with E-state index in [2.05, 4.69) is 16.2 Å². The number of methoxy groups -OCH3 is 1. The third-order valence-corrected chi connectivity index (χ3v) is 4.64. The smallest absolute Gasteiger partial charge is 0.276 e. The summed E-state index contributed by atoms with van der Waals surface area (Å²) in [5.41, 5.74) is 5.16. The number of carbonyl (C=O) groups is 2. The van der Waals surface area contributed by atoms with E-state index in [9.17, 15) is 9.59 Å². The average Bonchev–Trinajstić information content (AvgIpc) is 2.90. The number of nitrogens with one attached hydrogen (secondary N) is 3. The third kappa shape index (κ3) is 8.86. The number of rotatable bonds is 10. The molecule has 0 aliphatic rings. The molecule has 182 valence electrons. The molecule has 0 unspecified atom stereocenters. The van der Waals surface area contributed by atoms with Crippen molar-refractivity contribution in [3.8, 4) is 23.0 Å². The summed E-state index contributed by atoms with van der Waals surface area (Å²) >= 11 is 5.06. The second-order valence-electron chi connectivity index (χ2n) is 6.96. The van der Waals surface area contributed by atoms with Gasteiger partial charge in [0.15, 0.2) is 11.7 Å². The third-order valence-electron chi connectivity index (χ3n) is 4.43. The van der Waals surface area contributed by atoms with Crippen molar-refractivity contribution in [3.05, 3.63) is 84.4 Å². The van der Waals surface area contributed by atoms with Crippen molar-refractivity contribution < 1.29 is 28.5 Å². The number of hydrazine groups is 1. The Hall–Kier alpha value is -4.31. The van der Waals surface area contributed by atoms with Crippen LogP contribution in [0.5, 0.6) is 23.0 Å². The van der Waals surface area contributed by atoms with E-state index < -0.39 is 11.8 Å². The fraction of sp³-hybridized carbons (Fsp3) is 0.160. The van der Waals surface area contributed by atoms with Crippen LogP contribution in [0.25, 0.3) is 0 Å². The molecule has 9 nitrogen and oxygen atoms in total. The first kappa shape index (κ1) is 25.3. The highest BCUT2D eigenvalue weighted by molar-refractivity contribution is 7.80. The van der Waals surface area contributed by atoms with Crippen LogP contribution in [0.15, 0.2) is 78.9 Å². The van der Waals surface area contributed by atoms with Gasteiger partial charge in [0, 0.05) is 5.56 Å². The molecular weight excluding hydrogens is 470 g/mol. The maximum atomic E-state index is 12.5. The Morgan fingerprint density at radius 2 is 1.37 bits per heavy atom. The van der Waals surface area contributed by atoms with Crippen molar-refractivity contribution >= 4 is 29.1 Å². The Kier molecular flexibility index (Phi) is 9.70. The van der Waals surface area contributed by atoms with E-state index in [0.717, 1.165) is 5.75 Å². The maximum absolute atomic E-state index is 12.5. The summed E-state index contributed by atoms with van der Waals surface area (Å²) in [7, 11) is 1.56. The molecule has 0 spiro atoms. The van der Waals surface area contributed by atoms with Gasteiger partial charge in [-0.1, -0.05) is 24.3 Å². The van der Waals surface area contributed by atoms with Crippen LogP contribution in [0.1, 0.15) is 10.4 Å². The molecule has 0 radical (unpaired) electrons. The lowest BCUT2D eigenvalue weighted by Gasteiger charge is -2.12. The molecule has 3 aromatic rings. The van der Waals surface area contributed by atoms with Gasteiger partial charge in [-0.2, -0.15) is 0 Å². The zero-order chi connectivity index (χ0) is 24.9. The molecule has 0 saturated carbocycles. The summed E-state index contributed by atoms with van der Waals surface area (Å²) in [6.45, 7) is 0.421. The number of para-hydroxylation sites is 1. The van der Waals surface area contributed by atoms with E-state index in [1.807, 2.05) is 30.3 Å². The molecule has 0 saturated heterocycles. The van der Waals surface area contributed by atoms with Crippen molar-refractivity contribution in [1.82, 2.24) is 16.2 Å². The van der Waals surface area contributed by atoms with Crippen molar-refractivity contribution in [2.75, 3.05) is 26.9 Å². The maximum Gasteiger partial charge on any atom is 0.276 e. The monoisotopic (exact) mass is 495 g/mol. The minimum atomic E-state index is -0.481. The van der Waals surface area contributed by atoms with E-state index >= 15 is 0 Å². The normalized spacial score (nSPS) is 9.97. The number of hydrogen-bond acceptors (Lipinski definition) is 7. The second kappa shape index (κ2) is 13.4. The summed E-state index contributed by atoms with van der Waals surface area (Å²) in [6.07, 6.45) is 0. The molecule has 3 aromatic carbocycles. The Labute approximate surface area is 208 Å². The highest BCUT2D eigenvalue weighted by atomic mass is 32.1. The van der Waals surface area contributed by atoms with Crippen molar-refractivity contribution in [3.63, 3.8) is 0 Å². The zero-order valence-electron chi connectivity index (χ0n) is 19.0. The second-order valence-corrected chi connectivity index (χ2v) is 7.37. The summed E-state index contributed by atoms with van der Waals surface area (Å²) in [4.78, 5) is 24.4. The molecule has 0 aromatic heterocycles. The molecule has 2 amide bonds. The van der Waals surface area contributed by atoms with E-state index in [0.29, 0.717) is 36.0 Å². The van der Waals surface area contributed by atoms with Gasteiger partial charge >= 0.3 is 0 Å². The lowest BCUT2D eigenvalue weighted by molar-refractivity contribution is -0.123. The van der Waals surface area contributed by atoms with E-state index in [1.54, 1.807) is 55.6 Å². The van der Waals surface area contributed by atoms with Crippen LogP contribution < -0.4 is 35.1 Å². The zero-order valence-corrected chi connectivity index (χ0v) is 19.8. The highest BCUT2D eigenvalue weighted by Gasteiger charge is 2.10. The van der Waals surface area contributed by atoms with Gasteiger partial charge in [-0.25, -0.2) is 0 Å². The average molecular weight is 496 g/mol. The van der Waals surface area contributed by atoms with Gasteiger partial charge in [0.05, 0.1) is 7.11 Å². The van der Waals surface area contributed by atoms with Crippen LogP contribution in [0.4, 0.5) is 0 Å². The Morgan fingerprint density at radius 3 is 2.09 bits per heavy atom. The highest BCUT2D eigenvalue weighted by Crippen LogP contribution is 2.17. The standard InChI is InChI=1S/C25H25N3O6S/c1-31-19-10-12-21(13-11-19)34-17-23(29)27-28-25(35)26-24(30)18-6-5-9-22(16-18)33-15-14-32-20-7-3-2-4-8-20/h2-13,16H,14-15,17H2,1H3,(H,27,29)(H2,26,28,30,35). The van der Waals surface area contributed by atoms with Crippen molar-refractivity contribution in [2.24, 2.45) is 0 Å². The predicted octanol–water partition coefficient (Wildman–Crippen LogP) is 2.87. The van der Waals surface area contributed by atoms with Gasteiger partial charge in [0.25, 0.3) is 11.8 Å². The molecule has 0 atom stereocenters. The molecule has 0 heterocycles. The first-order chi connectivity index (χ1) is 17.0. The lowest BCUT2D eigenvalue weighted by Crippen LogP contribution is -2.49. The molecule has 35 heavy (non-hydrogen) atoms. The number of hydrogen-bond donors (Lipinski definition) is 3. The van der Waals surface area contributed by atoms with Gasteiger partial charge in [0.2, 0.25) is 0 Å². The van der Waals surface area contributed by atoms with Gasteiger partial charge in [0.1, 0.15) is 36.2 Å². The predicted molar refractivity (Wildman–Crippen MR) is 134 cm³/mol. The first-order valence-corrected chi connectivity index (χ1v) is 11.0. The van der Waals surface area contributed by atoms with E-state index in [-0.39, 0.29) is 11.7 Å². The minimum absolute atomic E-state index is 0.0737. The van der Waals surface area contributed by atoms with Crippen LogP contribution in [-0.4, -0.2) is 43.9 Å². The SMILES string of the molecule is COc1ccc(OCC(=O)NNC(=S)NC(=O)c2cccc(OCCOc3ccccc3)c2)cc1. The van der Waals surface area contributed by atoms with E-state index in [1.165, 1.54) is 0 Å². The quantitative estimate of drug-likeness (QED) is 0.224. The Bertz CT molecular complexity index is 1130. The molecule has 0 aliphatic heterocycles. The van der Waals surface area contributed by atoms with Gasteiger partial charge < -0.3 is 18.9 Å². The van der Waals surface area contributed by atoms with Crippen molar-refractivity contribution in [1.29, 1.82) is 0 Å². The summed E-state index contributed by atoms with van der Waals surface area (Å²) in [5.74, 6) is 1.51. The Balaban J connectivity index is 1.36. The fourth-order valence-corrected chi connectivity index (χ4v) is 2.90. The number of amides is 2. The summed E-state index contributed by atoms with van der Waals surface area (Å²) in [6, 6.07) is 22.8. The van der Waals surface area contributed by atoms with Crippen LogP contribution >= 0.6 is 12.2 Å². The first-order valence-electron chi connectivity index (χ1n) is 10.6. The molecule has 3 N–H and O–H groups in total. The molecule has 10 heteroatoms. The molecule has 0 bridgehead atoms. The van der Waals surface area contributed by atoms with Crippen LogP contribution in [0.3, 0.4) is 0 Å². The molecule has 0 fully saturated rings. The lowest BCUT2D eigenvalue weighted by atomic mass is 10.2. The fourth-order valence-electron chi connectivity index (χ4n) is 2.75. The van der Waals surface area contributed by atoms with Gasteiger partial charge in [-0.15, -0.1) is 0 Å². The van der Waals surface area contributed by atoms with E-state index in [4.69, 9.17) is 31.2 Å². The summed E-state index contributed by atoms with van der Waals surface area (Å²) < 4.78 is 21.7. The number of benzene rings is 3. The van der Waals surface area contributed by atoms with Gasteiger partial charge in [-0.3, -0.25) is 25.8 Å². The number of ether oxygens (including phenoxy) is 4. The molecular formula is C25H25N3O6S. The number of carbonyl (C=O) groups excluding carboxylic acids is 2. The minimum Gasteiger partial charge on any atom is -0.497 e. The van der Waals surface area contributed by atoms with Crippen LogP contribution in [0.2, 0.25) is 0 Å². The van der Waals surface area contributed by atoms with Crippen LogP contribution in [-0.2, 0) is 4.79 Å². The van der Waals surface area contributed by atoms with Gasteiger partial charge in [-0.05, 0) is 66.8 Å². The van der Waals surface area contributed by atoms with Crippen LogP contribution in [0, 0.1) is 0 Å². The Morgan fingerprint density at radius 1 is 0.743 bits per heavy atom.